The first kappa shape index (κ1) is 12.7. The average Bonchev–Trinajstić information content (AvgIpc) is 3.16. The van der Waals surface area contributed by atoms with E-state index in [-0.39, 0.29) is 5.69 Å². The number of aliphatic carboxylic acids is 1. The van der Waals surface area contributed by atoms with E-state index in [0.29, 0.717) is 12.8 Å². The van der Waals surface area contributed by atoms with Crippen molar-refractivity contribution in [1.29, 1.82) is 0 Å². The molecule has 0 amide bonds. The monoisotopic (exact) mass is 272 g/mol. The molecule has 1 fully saturated rings. The average molecular weight is 272 g/mol. The molecule has 0 unspecified atom stereocenters. The number of imidazole rings is 1. The molecular formula is C15H16N2O3. The molecule has 0 radical (unpaired) electrons. The van der Waals surface area contributed by atoms with Gasteiger partial charge in [0, 0.05) is 18.9 Å². The van der Waals surface area contributed by atoms with Gasteiger partial charge in [0.05, 0.1) is 11.1 Å². The molecule has 1 aromatic heterocycles. The van der Waals surface area contributed by atoms with Crippen molar-refractivity contribution >= 4 is 5.97 Å². The van der Waals surface area contributed by atoms with E-state index in [4.69, 9.17) is 0 Å². The van der Waals surface area contributed by atoms with Gasteiger partial charge in [-0.05, 0) is 37.5 Å². The number of benzene rings is 1. The summed E-state index contributed by atoms with van der Waals surface area (Å²) in [6.45, 7) is 1.86. The van der Waals surface area contributed by atoms with E-state index < -0.39 is 11.4 Å². The Morgan fingerprint density at radius 2 is 2.05 bits per heavy atom. The van der Waals surface area contributed by atoms with Gasteiger partial charge < -0.3 is 9.67 Å². The second kappa shape index (κ2) is 4.10. The number of carboxylic acid groups (broad SMARTS) is 1. The number of aromatic nitrogens is 2. The fraction of sp³-hybridized carbons (Fsp3) is 0.333. The molecule has 5 heteroatoms. The van der Waals surface area contributed by atoms with Crippen LogP contribution in [0.4, 0.5) is 0 Å². The van der Waals surface area contributed by atoms with Crippen LogP contribution in [0.25, 0.3) is 5.69 Å². The first-order valence-corrected chi connectivity index (χ1v) is 6.55. The van der Waals surface area contributed by atoms with Gasteiger partial charge in [0.15, 0.2) is 0 Å². The van der Waals surface area contributed by atoms with E-state index in [1.165, 1.54) is 4.57 Å². The highest BCUT2D eigenvalue weighted by atomic mass is 16.4. The lowest BCUT2D eigenvalue weighted by Crippen LogP contribution is -2.23. The van der Waals surface area contributed by atoms with Gasteiger partial charge in [-0.15, -0.1) is 0 Å². The maximum Gasteiger partial charge on any atom is 0.332 e. The highest BCUT2D eigenvalue weighted by molar-refractivity contribution is 5.85. The van der Waals surface area contributed by atoms with Crippen LogP contribution < -0.4 is 5.69 Å². The van der Waals surface area contributed by atoms with Gasteiger partial charge in [-0.2, -0.15) is 0 Å². The first-order valence-electron chi connectivity index (χ1n) is 6.55. The van der Waals surface area contributed by atoms with E-state index in [1.54, 1.807) is 17.8 Å². The quantitative estimate of drug-likeness (QED) is 0.923. The number of hydrogen-bond donors (Lipinski definition) is 1. The summed E-state index contributed by atoms with van der Waals surface area (Å²) < 4.78 is 3.12. The van der Waals surface area contributed by atoms with Gasteiger partial charge in [-0.25, -0.2) is 4.79 Å². The normalized spacial score (nSPS) is 16.1. The summed E-state index contributed by atoms with van der Waals surface area (Å²) in [6.07, 6.45) is 3.09. The van der Waals surface area contributed by atoms with Gasteiger partial charge >= 0.3 is 11.7 Å². The van der Waals surface area contributed by atoms with E-state index in [0.717, 1.165) is 16.9 Å². The first-order chi connectivity index (χ1) is 9.45. The minimum absolute atomic E-state index is 0.125. The number of hydrogen-bond acceptors (Lipinski definition) is 2. The van der Waals surface area contributed by atoms with Crippen LogP contribution in [0.2, 0.25) is 0 Å². The van der Waals surface area contributed by atoms with Crippen LogP contribution in [-0.4, -0.2) is 20.2 Å². The maximum atomic E-state index is 12.1. The second-order valence-electron chi connectivity index (χ2n) is 5.44. The number of nitrogens with zero attached hydrogens (tertiary/aromatic N) is 2. The van der Waals surface area contributed by atoms with E-state index in [1.807, 2.05) is 31.2 Å². The zero-order valence-electron chi connectivity index (χ0n) is 11.5. The van der Waals surface area contributed by atoms with Crippen LogP contribution in [0, 0.1) is 6.92 Å². The van der Waals surface area contributed by atoms with Crippen molar-refractivity contribution in [2.45, 2.75) is 25.2 Å². The van der Waals surface area contributed by atoms with Crippen LogP contribution in [0.1, 0.15) is 24.1 Å². The fourth-order valence-corrected chi connectivity index (χ4v) is 2.71. The molecule has 0 aliphatic heterocycles. The molecule has 1 N–H and O–H groups in total. The molecular weight excluding hydrogens is 256 g/mol. The summed E-state index contributed by atoms with van der Waals surface area (Å²) in [5.41, 5.74) is 1.45. The molecule has 1 aromatic carbocycles. The molecule has 1 saturated carbocycles. The van der Waals surface area contributed by atoms with Crippen LogP contribution in [0.15, 0.2) is 35.3 Å². The molecule has 0 atom stereocenters. The van der Waals surface area contributed by atoms with Crippen molar-refractivity contribution in [3.05, 3.63) is 52.2 Å². The Labute approximate surface area is 116 Å². The largest absolute Gasteiger partial charge is 0.481 e. The predicted octanol–water partition coefficient (Wildman–Crippen LogP) is 1.60. The van der Waals surface area contributed by atoms with Gasteiger partial charge in [0.2, 0.25) is 0 Å². The topological polar surface area (TPSA) is 64.2 Å². The Kier molecular flexibility index (Phi) is 2.61. The molecule has 1 heterocycles. The molecule has 5 nitrogen and oxygen atoms in total. The summed E-state index contributed by atoms with van der Waals surface area (Å²) in [5.74, 6) is -0.785. The molecule has 0 saturated heterocycles. The van der Waals surface area contributed by atoms with E-state index in [2.05, 4.69) is 0 Å². The van der Waals surface area contributed by atoms with Gasteiger partial charge in [-0.1, -0.05) is 12.1 Å². The summed E-state index contributed by atoms with van der Waals surface area (Å²) in [6, 6.07) is 7.28. The highest BCUT2D eigenvalue weighted by Gasteiger charge is 2.51. The minimum atomic E-state index is -0.785. The Morgan fingerprint density at radius 3 is 2.55 bits per heavy atom. The molecule has 1 aliphatic carbocycles. The molecule has 1 aliphatic rings. The maximum absolute atomic E-state index is 12.1. The van der Waals surface area contributed by atoms with Crippen molar-refractivity contribution in [2.75, 3.05) is 0 Å². The Hall–Kier alpha value is -2.30. The number of carboxylic acids is 1. The molecule has 0 spiro atoms. The lowest BCUT2D eigenvalue weighted by Gasteiger charge is -2.12. The van der Waals surface area contributed by atoms with Crippen molar-refractivity contribution < 1.29 is 9.90 Å². The summed E-state index contributed by atoms with van der Waals surface area (Å²) >= 11 is 0. The van der Waals surface area contributed by atoms with Crippen LogP contribution in [0.3, 0.4) is 0 Å². The zero-order chi connectivity index (χ0) is 14.5. The summed E-state index contributed by atoms with van der Waals surface area (Å²) in [7, 11) is 1.70. The third-order valence-electron chi connectivity index (χ3n) is 4.04. The third-order valence-corrected chi connectivity index (χ3v) is 4.04. The van der Waals surface area contributed by atoms with Gasteiger partial charge in [0.1, 0.15) is 0 Å². The van der Waals surface area contributed by atoms with Crippen molar-refractivity contribution in [2.24, 2.45) is 7.05 Å². The standard InChI is InChI=1S/C15H16N2O3/c1-10-9-16(2)14(20)17(10)12-5-3-4-11(8-12)15(6-7-15)13(18)19/h3-5,8-9H,6-7H2,1-2H3,(H,18,19). The molecule has 2 aromatic rings. The Morgan fingerprint density at radius 1 is 1.35 bits per heavy atom. The molecule has 3 rings (SSSR count). The fourth-order valence-electron chi connectivity index (χ4n) is 2.71. The molecule has 0 bridgehead atoms. The predicted molar refractivity (Wildman–Crippen MR) is 74.3 cm³/mol. The SMILES string of the molecule is Cc1cn(C)c(=O)n1-c1cccc(C2(C(=O)O)CC2)c1. The molecule has 104 valence electrons. The number of rotatable bonds is 3. The van der Waals surface area contributed by atoms with Crippen molar-refractivity contribution in [3.63, 3.8) is 0 Å². The summed E-state index contributed by atoms with van der Waals surface area (Å²) in [5, 5.41) is 9.36. The van der Waals surface area contributed by atoms with E-state index >= 15 is 0 Å². The smallest absolute Gasteiger partial charge is 0.332 e. The second-order valence-corrected chi connectivity index (χ2v) is 5.44. The van der Waals surface area contributed by atoms with Crippen molar-refractivity contribution in [1.82, 2.24) is 9.13 Å². The Balaban J connectivity index is 2.13. The molecule has 20 heavy (non-hydrogen) atoms. The van der Waals surface area contributed by atoms with Gasteiger partial charge in [-0.3, -0.25) is 9.36 Å². The van der Waals surface area contributed by atoms with Crippen LogP contribution in [-0.2, 0) is 17.3 Å². The van der Waals surface area contributed by atoms with Crippen LogP contribution in [0.5, 0.6) is 0 Å². The number of aryl methyl sites for hydroxylation is 2. The van der Waals surface area contributed by atoms with Crippen LogP contribution >= 0.6 is 0 Å². The number of carbonyl (C=O) groups is 1. The van der Waals surface area contributed by atoms with Gasteiger partial charge in [0.25, 0.3) is 0 Å². The minimum Gasteiger partial charge on any atom is -0.481 e. The lowest BCUT2D eigenvalue weighted by atomic mass is 9.96. The lowest BCUT2D eigenvalue weighted by molar-refractivity contribution is -0.140. The zero-order valence-corrected chi connectivity index (χ0v) is 11.5. The summed E-state index contributed by atoms with van der Waals surface area (Å²) in [4.78, 5) is 23.5. The highest BCUT2D eigenvalue weighted by Crippen LogP contribution is 2.48. The Bertz CT molecular complexity index is 751. The third kappa shape index (κ3) is 1.70. The van der Waals surface area contributed by atoms with E-state index in [9.17, 15) is 14.7 Å². The van der Waals surface area contributed by atoms with Crippen molar-refractivity contribution in [3.8, 4) is 5.69 Å².